The molecule has 0 radical (unpaired) electrons. The molecule has 1 aromatic carbocycles. The van der Waals surface area contributed by atoms with E-state index < -0.39 is 6.29 Å². The average molecular weight is 200 g/mol. The Morgan fingerprint density at radius 2 is 1.79 bits per heavy atom. The molecule has 1 rings (SSSR count). The van der Waals surface area contributed by atoms with Crippen molar-refractivity contribution in [3.05, 3.63) is 29.6 Å². The molecular formula is C10H13FO3. The van der Waals surface area contributed by atoms with Crippen molar-refractivity contribution in [2.45, 2.75) is 6.29 Å². The number of hydrogen-bond acceptors (Lipinski definition) is 3. The van der Waals surface area contributed by atoms with Crippen molar-refractivity contribution in [3.63, 3.8) is 0 Å². The van der Waals surface area contributed by atoms with Crippen molar-refractivity contribution in [1.29, 1.82) is 0 Å². The van der Waals surface area contributed by atoms with Crippen LogP contribution < -0.4 is 4.74 Å². The number of halogens is 1. The van der Waals surface area contributed by atoms with Crippen LogP contribution in [0.5, 0.6) is 5.75 Å². The van der Waals surface area contributed by atoms with Crippen molar-refractivity contribution in [3.8, 4) is 5.75 Å². The fraction of sp³-hybridized carbons (Fsp3) is 0.400. The van der Waals surface area contributed by atoms with Gasteiger partial charge in [-0.15, -0.1) is 0 Å². The standard InChI is InChI=1S/C10H13FO3/c1-12-7-4-5-9(11)8(6-7)10(13-2)14-3/h4-6,10H,1-3H3. The second-order valence-electron chi connectivity index (χ2n) is 2.69. The fourth-order valence-electron chi connectivity index (χ4n) is 1.18. The number of benzene rings is 1. The minimum atomic E-state index is -0.704. The lowest BCUT2D eigenvalue weighted by Gasteiger charge is -2.15. The molecule has 0 saturated carbocycles. The van der Waals surface area contributed by atoms with E-state index in [0.29, 0.717) is 11.3 Å². The molecule has 0 atom stereocenters. The summed E-state index contributed by atoms with van der Waals surface area (Å²) < 4.78 is 28.2. The van der Waals surface area contributed by atoms with E-state index in [1.807, 2.05) is 0 Å². The van der Waals surface area contributed by atoms with Gasteiger partial charge in [-0.3, -0.25) is 0 Å². The van der Waals surface area contributed by atoms with Crippen LogP contribution in [0.2, 0.25) is 0 Å². The molecule has 4 heteroatoms. The molecule has 78 valence electrons. The Bertz CT molecular complexity index is 297. The molecule has 3 nitrogen and oxygen atoms in total. The van der Waals surface area contributed by atoms with E-state index in [0.717, 1.165) is 0 Å². The molecule has 0 aliphatic rings. The van der Waals surface area contributed by atoms with E-state index in [9.17, 15) is 4.39 Å². The highest BCUT2D eigenvalue weighted by atomic mass is 19.1. The van der Waals surface area contributed by atoms with E-state index in [2.05, 4.69) is 0 Å². The third-order valence-electron chi connectivity index (χ3n) is 1.89. The largest absolute Gasteiger partial charge is 0.497 e. The third-order valence-corrected chi connectivity index (χ3v) is 1.89. The van der Waals surface area contributed by atoms with Gasteiger partial charge in [0.05, 0.1) is 7.11 Å². The lowest BCUT2D eigenvalue weighted by Crippen LogP contribution is -2.06. The molecule has 0 amide bonds. The predicted molar refractivity (Wildman–Crippen MR) is 49.7 cm³/mol. The van der Waals surface area contributed by atoms with Crippen LogP contribution >= 0.6 is 0 Å². The first-order valence-electron chi connectivity index (χ1n) is 4.12. The van der Waals surface area contributed by atoms with Crippen molar-refractivity contribution in [2.24, 2.45) is 0 Å². The molecule has 0 unspecified atom stereocenters. The first kappa shape index (κ1) is 10.9. The minimum Gasteiger partial charge on any atom is -0.497 e. The first-order chi connectivity index (χ1) is 6.72. The highest BCUT2D eigenvalue weighted by Gasteiger charge is 2.14. The molecule has 0 heterocycles. The molecule has 14 heavy (non-hydrogen) atoms. The van der Waals surface area contributed by atoms with Crippen LogP contribution in [0, 0.1) is 5.82 Å². The molecule has 0 aromatic heterocycles. The summed E-state index contributed by atoms with van der Waals surface area (Å²) in [5.74, 6) is 0.194. The van der Waals surface area contributed by atoms with E-state index in [1.165, 1.54) is 27.4 Å². The van der Waals surface area contributed by atoms with Crippen LogP contribution in [0.15, 0.2) is 18.2 Å². The van der Waals surface area contributed by atoms with Crippen LogP contribution in [-0.2, 0) is 9.47 Å². The van der Waals surface area contributed by atoms with Crippen LogP contribution in [-0.4, -0.2) is 21.3 Å². The lowest BCUT2D eigenvalue weighted by molar-refractivity contribution is -0.107. The third kappa shape index (κ3) is 2.21. The minimum absolute atomic E-state index is 0.328. The van der Waals surface area contributed by atoms with Gasteiger partial charge >= 0.3 is 0 Å². The summed E-state index contributed by atoms with van der Waals surface area (Å²) in [6.45, 7) is 0. The van der Waals surface area contributed by atoms with Gasteiger partial charge < -0.3 is 14.2 Å². The molecule has 0 aliphatic heterocycles. The molecule has 0 aliphatic carbocycles. The first-order valence-corrected chi connectivity index (χ1v) is 4.12. The normalized spacial score (nSPS) is 10.6. The summed E-state index contributed by atoms with van der Waals surface area (Å²) in [6, 6.07) is 4.41. The molecule has 0 saturated heterocycles. The second-order valence-corrected chi connectivity index (χ2v) is 2.69. The van der Waals surface area contributed by atoms with Crippen molar-refractivity contribution in [1.82, 2.24) is 0 Å². The molecule has 0 N–H and O–H groups in total. The van der Waals surface area contributed by atoms with Crippen molar-refractivity contribution >= 4 is 0 Å². The fourth-order valence-corrected chi connectivity index (χ4v) is 1.18. The number of hydrogen-bond donors (Lipinski definition) is 0. The second kappa shape index (κ2) is 4.93. The number of methoxy groups -OCH3 is 3. The van der Waals surface area contributed by atoms with Crippen molar-refractivity contribution in [2.75, 3.05) is 21.3 Å². The van der Waals surface area contributed by atoms with Crippen LogP contribution in [0.3, 0.4) is 0 Å². The summed E-state index contributed by atoms with van der Waals surface area (Å²) in [6.07, 6.45) is -0.704. The molecule has 0 bridgehead atoms. The Kier molecular flexibility index (Phi) is 3.85. The van der Waals surface area contributed by atoms with Gasteiger partial charge in [0, 0.05) is 19.8 Å². The van der Waals surface area contributed by atoms with Gasteiger partial charge in [-0.05, 0) is 18.2 Å². The predicted octanol–water partition coefficient (Wildman–Crippen LogP) is 2.13. The Morgan fingerprint density at radius 1 is 1.14 bits per heavy atom. The van der Waals surface area contributed by atoms with Gasteiger partial charge in [0.15, 0.2) is 6.29 Å². The maximum atomic E-state index is 13.3. The van der Waals surface area contributed by atoms with E-state index in [1.54, 1.807) is 12.1 Å². The maximum Gasteiger partial charge on any atom is 0.186 e. The zero-order valence-corrected chi connectivity index (χ0v) is 8.41. The molecular weight excluding hydrogens is 187 g/mol. The van der Waals surface area contributed by atoms with Gasteiger partial charge in [0.2, 0.25) is 0 Å². The Morgan fingerprint density at radius 3 is 2.29 bits per heavy atom. The zero-order chi connectivity index (χ0) is 10.6. The summed E-state index contributed by atoms with van der Waals surface area (Å²) in [7, 11) is 4.42. The van der Waals surface area contributed by atoms with Crippen LogP contribution in [0.4, 0.5) is 4.39 Å². The monoisotopic (exact) mass is 200 g/mol. The molecule has 0 fully saturated rings. The molecule has 0 spiro atoms. The Hall–Kier alpha value is -1.13. The van der Waals surface area contributed by atoms with E-state index >= 15 is 0 Å². The van der Waals surface area contributed by atoms with E-state index in [-0.39, 0.29) is 5.82 Å². The average Bonchev–Trinajstić information content (AvgIpc) is 2.22. The summed E-state index contributed by atoms with van der Waals surface area (Å²) in [5, 5.41) is 0. The summed E-state index contributed by atoms with van der Waals surface area (Å²) >= 11 is 0. The van der Waals surface area contributed by atoms with Crippen molar-refractivity contribution < 1.29 is 18.6 Å². The highest BCUT2D eigenvalue weighted by Crippen LogP contribution is 2.24. The quantitative estimate of drug-likeness (QED) is 0.697. The summed E-state index contributed by atoms with van der Waals surface area (Å²) in [4.78, 5) is 0. The summed E-state index contributed by atoms with van der Waals surface area (Å²) in [5.41, 5.74) is 0.328. The molecule has 1 aromatic rings. The smallest absolute Gasteiger partial charge is 0.186 e. The zero-order valence-electron chi connectivity index (χ0n) is 8.41. The van der Waals surface area contributed by atoms with Gasteiger partial charge in [0.25, 0.3) is 0 Å². The van der Waals surface area contributed by atoms with Crippen LogP contribution in [0.1, 0.15) is 11.9 Å². The Balaban J connectivity index is 3.04. The number of ether oxygens (including phenoxy) is 3. The van der Waals surface area contributed by atoms with Gasteiger partial charge in [-0.25, -0.2) is 4.39 Å². The van der Waals surface area contributed by atoms with Gasteiger partial charge in [0.1, 0.15) is 11.6 Å². The Labute approximate surface area is 82.4 Å². The highest BCUT2D eigenvalue weighted by molar-refractivity contribution is 5.30. The number of rotatable bonds is 4. The van der Waals surface area contributed by atoms with Crippen LogP contribution in [0.25, 0.3) is 0 Å². The van der Waals surface area contributed by atoms with Gasteiger partial charge in [-0.2, -0.15) is 0 Å². The lowest BCUT2D eigenvalue weighted by atomic mass is 10.2. The maximum absolute atomic E-state index is 13.3. The SMILES string of the molecule is COc1ccc(F)c(C(OC)OC)c1. The van der Waals surface area contributed by atoms with Gasteiger partial charge in [-0.1, -0.05) is 0 Å². The van der Waals surface area contributed by atoms with E-state index in [4.69, 9.17) is 14.2 Å². The topological polar surface area (TPSA) is 27.7 Å².